The van der Waals surface area contributed by atoms with Crippen LogP contribution in [0.15, 0.2) is 29.3 Å². The van der Waals surface area contributed by atoms with E-state index in [1.807, 2.05) is 29.2 Å². The smallest absolute Gasteiger partial charge is 0.247 e. The third kappa shape index (κ3) is 3.44. The lowest BCUT2D eigenvalue weighted by molar-refractivity contribution is -0.117. The number of para-hydroxylation sites is 1. The molecule has 2 heterocycles. The average molecular weight is 368 g/mol. The number of rotatable bonds is 4. The summed E-state index contributed by atoms with van der Waals surface area (Å²) in [4.78, 5) is 17.9. The lowest BCUT2D eigenvalue weighted by Crippen LogP contribution is -2.37. The Morgan fingerprint density at radius 2 is 2.12 bits per heavy atom. The SMILES string of the molecule is CCC(=O)N=C1S[C@@H]2CS(=O)(=O)C[C@H]2N1Cc1ccccc1OC. The van der Waals surface area contributed by atoms with Crippen LogP contribution >= 0.6 is 11.8 Å². The van der Waals surface area contributed by atoms with Crippen molar-refractivity contribution in [3.63, 3.8) is 0 Å². The monoisotopic (exact) mass is 368 g/mol. The van der Waals surface area contributed by atoms with Gasteiger partial charge in [0, 0.05) is 23.8 Å². The molecule has 6 nitrogen and oxygen atoms in total. The summed E-state index contributed by atoms with van der Waals surface area (Å²) < 4.78 is 29.3. The van der Waals surface area contributed by atoms with Crippen LogP contribution in [0.2, 0.25) is 0 Å². The zero-order chi connectivity index (χ0) is 17.3. The van der Waals surface area contributed by atoms with E-state index in [4.69, 9.17) is 4.74 Å². The summed E-state index contributed by atoms with van der Waals surface area (Å²) in [7, 11) is -1.43. The number of nitrogens with zero attached hydrogens (tertiary/aromatic N) is 2. The van der Waals surface area contributed by atoms with Crippen LogP contribution in [0, 0.1) is 0 Å². The normalized spacial score (nSPS) is 26.6. The number of aliphatic imine (C=N–C) groups is 1. The van der Waals surface area contributed by atoms with Crippen LogP contribution in [-0.2, 0) is 21.2 Å². The number of fused-ring (bicyclic) bond motifs is 1. The Kier molecular flexibility index (Phi) is 4.87. The Morgan fingerprint density at radius 3 is 2.83 bits per heavy atom. The number of amides is 1. The van der Waals surface area contributed by atoms with E-state index in [9.17, 15) is 13.2 Å². The molecule has 0 unspecified atom stereocenters. The molecule has 2 saturated heterocycles. The summed E-state index contributed by atoms with van der Waals surface area (Å²) >= 11 is 1.40. The van der Waals surface area contributed by atoms with Crippen molar-refractivity contribution in [1.29, 1.82) is 0 Å². The summed E-state index contributed by atoms with van der Waals surface area (Å²) in [6.45, 7) is 2.24. The van der Waals surface area contributed by atoms with Crippen molar-refractivity contribution in [2.24, 2.45) is 4.99 Å². The highest BCUT2D eigenvalue weighted by Gasteiger charge is 2.48. The van der Waals surface area contributed by atoms with Gasteiger partial charge in [-0.15, -0.1) is 0 Å². The molecule has 0 saturated carbocycles. The zero-order valence-electron chi connectivity index (χ0n) is 13.6. The summed E-state index contributed by atoms with van der Waals surface area (Å²) in [6, 6.07) is 7.47. The Balaban J connectivity index is 1.93. The van der Waals surface area contributed by atoms with Gasteiger partial charge in [-0.25, -0.2) is 8.42 Å². The number of amidine groups is 1. The number of carbonyl (C=O) groups is 1. The molecule has 0 radical (unpaired) electrons. The molecule has 24 heavy (non-hydrogen) atoms. The van der Waals surface area contributed by atoms with E-state index >= 15 is 0 Å². The van der Waals surface area contributed by atoms with E-state index in [1.54, 1.807) is 14.0 Å². The number of methoxy groups -OCH3 is 1. The number of thioether (sulfide) groups is 1. The molecule has 0 bridgehead atoms. The molecule has 0 spiro atoms. The minimum absolute atomic E-state index is 0.0619. The van der Waals surface area contributed by atoms with Crippen molar-refractivity contribution < 1.29 is 17.9 Å². The summed E-state index contributed by atoms with van der Waals surface area (Å²) in [5.41, 5.74) is 0.946. The van der Waals surface area contributed by atoms with Gasteiger partial charge in [-0.1, -0.05) is 36.9 Å². The number of benzene rings is 1. The Bertz CT molecular complexity index is 776. The van der Waals surface area contributed by atoms with Gasteiger partial charge in [-0.05, 0) is 6.07 Å². The number of sulfone groups is 1. The van der Waals surface area contributed by atoms with E-state index in [0.29, 0.717) is 18.1 Å². The van der Waals surface area contributed by atoms with Crippen LogP contribution in [0.3, 0.4) is 0 Å². The maximum Gasteiger partial charge on any atom is 0.247 e. The third-order valence-electron chi connectivity index (χ3n) is 4.23. The van der Waals surface area contributed by atoms with E-state index in [0.717, 1.165) is 11.3 Å². The maximum absolute atomic E-state index is 12.0. The van der Waals surface area contributed by atoms with Crippen LogP contribution in [0.25, 0.3) is 0 Å². The highest BCUT2D eigenvalue weighted by atomic mass is 32.2. The number of hydrogen-bond donors (Lipinski definition) is 0. The van der Waals surface area contributed by atoms with Gasteiger partial charge in [0.2, 0.25) is 5.91 Å². The van der Waals surface area contributed by atoms with Crippen LogP contribution in [-0.4, -0.2) is 54.3 Å². The predicted octanol–water partition coefficient (Wildman–Crippen LogP) is 1.70. The number of ether oxygens (including phenoxy) is 1. The Morgan fingerprint density at radius 1 is 1.38 bits per heavy atom. The minimum atomic E-state index is -3.04. The van der Waals surface area contributed by atoms with Crippen molar-refractivity contribution >= 4 is 32.7 Å². The first-order valence-corrected chi connectivity index (χ1v) is 10.5. The van der Waals surface area contributed by atoms with Gasteiger partial charge in [0.1, 0.15) is 5.75 Å². The van der Waals surface area contributed by atoms with Gasteiger partial charge in [-0.2, -0.15) is 4.99 Å². The largest absolute Gasteiger partial charge is 0.496 e. The van der Waals surface area contributed by atoms with Gasteiger partial charge in [0.05, 0.1) is 24.7 Å². The van der Waals surface area contributed by atoms with E-state index < -0.39 is 9.84 Å². The van der Waals surface area contributed by atoms with Crippen LogP contribution in [0.4, 0.5) is 0 Å². The molecular formula is C16H20N2O4S2. The van der Waals surface area contributed by atoms with Gasteiger partial charge >= 0.3 is 0 Å². The minimum Gasteiger partial charge on any atom is -0.496 e. The van der Waals surface area contributed by atoms with Crippen molar-refractivity contribution in [1.82, 2.24) is 4.90 Å². The fourth-order valence-corrected chi connectivity index (χ4v) is 6.99. The topological polar surface area (TPSA) is 76.0 Å². The zero-order valence-corrected chi connectivity index (χ0v) is 15.3. The lowest BCUT2D eigenvalue weighted by atomic mass is 10.1. The fraction of sp³-hybridized carbons (Fsp3) is 0.500. The van der Waals surface area contributed by atoms with Gasteiger partial charge in [-0.3, -0.25) is 4.79 Å². The second-order valence-corrected chi connectivity index (χ2v) is 9.24. The number of hydrogen-bond acceptors (Lipinski definition) is 5. The van der Waals surface area contributed by atoms with E-state index in [2.05, 4.69) is 4.99 Å². The maximum atomic E-state index is 12.0. The standard InChI is InChI=1S/C16H20N2O4S2/c1-3-15(19)17-16-18(8-11-6-4-5-7-13(11)22-2)12-9-24(20,21)10-14(12)23-16/h4-7,12,14H,3,8-10H2,1-2H3/t12-,14-/m1/s1. The molecule has 1 aromatic carbocycles. The van der Waals surface area contributed by atoms with Crippen LogP contribution < -0.4 is 4.74 Å². The first kappa shape index (κ1) is 17.3. The van der Waals surface area contributed by atoms with Gasteiger partial charge in [0.15, 0.2) is 15.0 Å². The summed E-state index contributed by atoms with van der Waals surface area (Å²) in [6.07, 6.45) is 0.334. The predicted molar refractivity (Wildman–Crippen MR) is 95.1 cm³/mol. The molecule has 2 atom stereocenters. The first-order chi connectivity index (χ1) is 11.4. The molecule has 3 rings (SSSR count). The van der Waals surface area contributed by atoms with E-state index in [-0.39, 0.29) is 28.7 Å². The summed E-state index contributed by atoms with van der Waals surface area (Å²) in [5, 5.41) is 0.561. The Labute approximate surface area is 146 Å². The molecule has 2 fully saturated rings. The quantitative estimate of drug-likeness (QED) is 0.805. The molecule has 0 aromatic heterocycles. The highest BCUT2D eigenvalue weighted by Crippen LogP contribution is 2.39. The van der Waals surface area contributed by atoms with Crippen molar-refractivity contribution in [3.8, 4) is 5.75 Å². The summed E-state index contributed by atoms with van der Waals surface area (Å²) in [5.74, 6) is 0.807. The molecule has 2 aliphatic rings. The molecule has 1 amide bonds. The molecule has 0 aliphatic carbocycles. The molecule has 1 aromatic rings. The lowest BCUT2D eigenvalue weighted by Gasteiger charge is -2.25. The van der Waals surface area contributed by atoms with Crippen LogP contribution in [0.1, 0.15) is 18.9 Å². The van der Waals surface area contributed by atoms with Gasteiger partial charge < -0.3 is 9.64 Å². The third-order valence-corrected chi connectivity index (χ3v) is 7.48. The molecule has 0 N–H and O–H groups in total. The number of carbonyl (C=O) groups excluding carboxylic acids is 1. The van der Waals surface area contributed by atoms with Crippen molar-refractivity contribution in [3.05, 3.63) is 29.8 Å². The second-order valence-electron chi connectivity index (χ2n) is 5.88. The molecule has 130 valence electrons. The van der Waals surface area contributed by atoms with Crippen molar-refractivity contribution in [2.75, 3.05) is 18.6 Å². The van der Waals surface area contributed by atoms with E-state index in [1.165, 1.54) is 11.8 Å². The second kappa shape index (κ2) is 6.76. The molecule has 8 heteroatoms. The molecular weight excluding hydrogens is 348 g/mol. The average Bonchev–Trinajstić information content (AvgIpc) is 3.00. The first-order valence-electron chi connectivity index (χ1n) is 7.80. The van der Waals surface area contributed by atoms with Crippen LogP contribution in [0.5, 0.6) is 5.75 Å². The van der Waals surface area contributed by atoms with Gasteiger partial charge in [0.25, 0.3) is 0 Å². The Hall–Kier alpha value is -1.54. The fourth-order valence-electron chi connectivity index (χ4n) is 3.02. The highest BCUT2D eigenvalue weighted by molar-refractivity contribution is 8.15. The van der Waals surface area contributed by atoms with Crippen molar-refractivity contribution in [2.45, 2.75) is 31.2 Å². The molecule has 2 aliphatic heterocycles.